The van der Waals surface area contributed by atoms with Gasteiger partial charge in [0.05, 0.1) is 10.7 Å². The summed E-state index contributed by atoms with van der Waals surface area (Å²) in [6.07, 6.45) is 0. The summed E-state index contributed by atoms with van der Waals surface area (Å²) in [7, 11) is 0. The topological polar surface area (TPSA) is 26.0 Å². The third-order valence-corrected chi connectivity index (χ3v) is 2.65. The minimum absolute atomic E-state index is 0.597. The van der Waals surface area contributed by atoms with Crippen molar-refractivity contribution < 1.29 is 0 Å². The van der Waals surface area contributed by atoms with Crippen molar-refractivity contribution in [1.29, 1.82) is 0 Å². The predicted molar refractivity (Wildman–Crippen MR) is 48.3 cm³/mol. The van der Waals surface area contributed by atoms with Crippen LogP contribution in [0.5, 0.6) is 0 Å². The zero-order valence-electron chi connectivity index (χ0n) is 5.49. The molecule has 0 unspecified atom stereocenters. The molecular formula is C7H7BrClN. The van der Waals surface area contributed by atoms with Gasteiger partial charge in [-0.1, -0.05) is 17.7 Å². The molecule has 3 heteroatoms. The average molecular weight is 220 g/mol. The average Bonchev–Trinajstić information content (AvgIpc) is 1.93. The van der Waals surface area contributed by atoms with Crippen LogP contribution in [0.2, 0.25) is 5.02 Å². The van der Waals surface area contributed by atoms with Crippen LogP contribution in [-0.4, -0.2) is 0 Å². The van der Waals surface area contributed by atoms with Gasteiger partial charge in [0.1, 0.15) is 0 Å². The Hall–Kier alpha value is -0.210. The Labute approximate surface area is 73.3 Å². The lowest BCUT2D eigenvalue weighted by molar-refractivity contribution is 1.46. The van der Waals surface area contributed by atoms with Gasteiger partial charge in [0.2, 0.25) is 0 Å². The maximum absolute atomic E-state index is 5.81. The molecule has 2 N–H and O–H groups in total. The van der Waals surface area contributed by atoms with Crippen LogP contribution in [0.15, 0.2) is 16.6 Å². The van der Waals surface area contributed by atoms with Crippen LogP contribution in [0, 0.1) is 6.92 Å². The quantitative estimate of drug-likeness (QED) is 0.668. The van der Waals surface area contributed by atoms with Crippen molar-refractivity contribution >= 4 is 33.2 Å². The van der Waals surface area contributed by atoms with Crippen LogP contribution >= 0.6 is 27.5 Å². The number of nitrogens with two attached hydrogens (primary N) is 1. The maximum Gasteiger partial charge on any atom is 0.0780 e. The van der Waals surface area contributed by atoms with Gasteiger partial charge >= 0.3 is 0 Å². The van der Waals surface area contributed by atoms with Crippen LogP contribution in [-0.2, 0) is 0 Å². The smallest absolute Gasteiger partial charge is 0.0780 e. The Kier molecular flexibility index (Phi) is 2.21. The summed E-state index contributed by atoms with van der Waals surface area (Å²) in [4.78, 5) is 0. The molecule has 0 saturated carbocycles. The number of hydrogen-bond acceptors (Lipinski definition) is 1. The van der Waals surface area contributed by atoms with Gasteiger partial charge in [0.25, 0.3) is 0 Å². The molecule has 0 aromatic heterocycles. The van der Waals surface area contributed by atoms with E-state index in [1.165, 1.54) is 0 Å². The lowest BCUT2D eigenvalue weighted by Crippen LogP contribution is -1.90. The van der Waals surface area contributed by atoms with Gasteiger partial charge in [0.15, 0.2) is 0 Å². The van der Waals surface area contributed by atoms with E-state index in [0.29, 0.717) is 10.7 Å². The van der Waals surface area contributed by atoms with E-state index >= 15 is 0 Å². The van der Waals surface area contributed by atoms with Crippen molar-refractivity contribution in [2.75, 3.05) is 5.73 Å². The Bertz CT molecular complexity index is 233. The minimum atomic E-state index is 0.597. The molecule has 0 saturated heterocycles. The van der Waals surface area contributed by atoms with Crippen LogP contribution < -0.4 is 5.73 Å². The Morgan fingerprint density at radius 3 is 2.60 bits per heavy atom. The molecule has 54 valence electrons. The molecule has 0 radical (unpaired) electrons. The summed E-state index contributed by atoms with van der Waals surface area (Å²) in [6.45, 7) is 1.92. The van der Waals surface area contributed by atoms with E-state index in [2.05, 4.69) is 15.9 Å². The number of aryl methyl sites for hydroxylation is 1. The van der Waals surface area contributed by atoms with E-state index in [9.17, 15) is 0 Å². The van der Waals surface area contributed by atoms with Crippen molar-refractivity contribution in [1.82, 2.24) is 0 Å². The van der Waals surface area contributed by atoms with Gasteiger partial charge in [-0.05, 0) is 34.5 Å². The van der Waals surface area contributed by atoms with Crippen LogP contribution in [0.1, 0.15) is 5.56 Å². The first-order chi connectivity index (χ1) is 4.63. The fourth-order valence-corrected chi connectivity index (χ4v) is 1.22. The van der Waals surface area contributed by atoms with Crippen molar-refractivity contribution in [2.24, 2.45) is 0 Å². The van der Waals surface area contributed by atoms with Crippen molar-refractivity contribution in [3.05, 3.63) is 27.2 Å². The van der Waals surface area contributed by atoms with E-state index in [1.807, 2.05) is 19.1 Å². The highest BCUT2D eigenvalue weighted by molar-refractivity contribution is 9.10. The second kappa shape index (κ2) is 2.81. The standard InChI is InChI=1S/C7H7BrClN/c1-4-2-3-5(8)6(9)7(4)10/h2-3H,10H2,1H3. The van der Waals surface area contributed by atoms with E-state index in [1.54, 1.807) is 0 Å². The number of nitrogen functional groups attached to an aromatic ring is 1. The molecule has 1 aromatic carbocycles. The fourth-order valence-electron chi connectivity index (χ4n) is 0.663. The molecule has 0 aliphatic heterocycles. The fraction of sp³-hybridized carbons (Fsp3) is 0.143. The lowest BCUT2D eigenvalue weighted by Gasteiger charge is -2.02. The first kappa shape index (κ1) is 7.89. The summed E-state index contributed by atoms with van der Waals surface area (Å²) in [5.41, 5.74) is 7.28. The van der Waals surface area contributed by atoms with Gasteiger partial charge in [0, 0.05) is 4.47 Å². The normalized spacial score (nSPS) is 9.90. The molecule has 1 nitrogen and oxygen atoms in total. The summed E-state index contributed by atoms with van der Waals surface area (Å²) in [6, 6.07) is 3.80. The molecule has 1 rings (SSSR count). The zero-order chi connectivity index (χ0) is 7.72. The minimum Gasteiger partial charge on any atom is -0.397 e. The number of anilines is 1. The molecule has 0 aliphatic carbocycles. The van der Waals surface area contributed by atoms with E-state index < -0.39 is 0 Å². The molecule has 0 bridgehead atoms. The van der Waals surface area contributed by atoms with Crippen LogP contribution in [0.3, 0.4) is 0 Å². The molecule has 0 spiro atoms. The lowest BCUT2D eigenvalue weighted by atomic mass is 10.2. The third kappa shape index (κ3) is 1.27. The van der Waals surface area contributed by atoms with Gasteiger partial charge in [-0.2, -0.15) is 0 Å². The molecule has 10 heavy (non-hydrogen) atoms. The first-order valence-electron chi connectivity index (χ1n) is 2.83. The number of rotatable bonds is 0. The zero-order valence-corrected chi connectivity index (χ0v) is 7.83. The van der Waals surface area contributed by atoms with Crippen molar-refractivity contribution in [3.8, 4) is 0 Å². The van der Waals surface area contributed by atoms with E-state index in [0.717, 1.165) is 10.0 Å². The van der Waals surface area contributed by atoms with E-state index in [4.69, 9.17) is 17.3 Å². The monoisotopic (exact) mass is 219 g/mol. The maximum atomic E-state index is 5.81. The highest BCUT2D eigenvalue weighted by atomic mass is 79.9. The highest BCUT2D eigenvalue weighted by Gasteiger charge is 2.02. The molecule has 1 aromatic rings. The van der Waals surface area contributed by atoms with Crippen molar-refractivity contribution in [2.45, 2.75) is 6.92 Å². The Balaban J connectivity index is 3.34. The molecular weight excluding hydrogens is 213 g/mol. The third-order valence-electron chi connectivity index (χ3n) is 1.35. The largest absolute Gasteiger partial charge is 0.397 e. The highest BCUT2D eigenvalue weighted by Crippen LogP contribution is 2.30. The number of halogens is 2. The number of benzene rings is 1. The van der Waals surface area contributed by atoms with Crippen LogP contribution in [0.25, 0.3) is 0 Å². The summed E-state index contributed by atoms with van der Waals surface area (Å²) >= 11 is 9.08. The van der Waals surface area contributed by atoms with Gasteiger partial charge in [-0.25, -0.2) is 0 Å². The molecule has 0 fully saturated rings. The molecule has 0 aliphatic rings. The van der Waals surface area contributed by atoms with Gasteiger partial charge in [-0.3, -0.25) is 0 Å². The second-order valence-electron chi connectivity index (χ2n) is 2.09. The summed E-state index contributed by atoms with van der Waals surface area (Å²) in [5, 5.41) is 0.597. The number of hydrogen-bond donors (Lipinski definition) is 1. The molecule has 0 amide bonds. The Morgan fingerprint density at radius 1 is 1.50 bits per heavy atom. The first-order valence-corrected chi connectivity index (χ1v) is 4.00. The van der Waals surface area contributed by atoms with Gasteiger partial charge in [-0.15, -0.1) is 0 Å². The predicted octanol–water partition coefficient (Wildman–Crippen LogP) is 2.99. The molecule has 0 heterocycles. The SMILES string of the molecule is Cc1ccc(Br)c(Cl)c1N. The Morgan fingerprint density at radius 2 is 2.10 bits per heavy atom. The van der Waals surface area contributed by atoms with E-state index in [-0.39, 0.29) is 0 Å². The van der Waals surface area contributed by atoms with Crippen molar-refractivity contribution in [3.63, 3.8) is 0 Å². The summed E-state index contributed by atoms with van der Waals surface area (Å²) in [5.74, 6) is 0. The van der Waals surface area contributed by atoms with Gasteiger partial charge < -0.3 is 5.73 Å². The molecule has 0 atom stereocenters. The van der Waals surface area contributed by atoms with Crippen LogP contribution in [0.4, 0.5) is 5.69 Å². The second-order valence-corrected chi connectivity index (χ2v) is 3.32. The summed E-state index contributed by atoms with van der Waals surface area (Å²) < 4.78 is 0.845.